The van der Waals surface area contributed by atoms with Gasteiger partial charge in [-0.25, -0.2) is 12.8 Å². The molecule has 0 fully saturated rings. The predicted octanol–water partition coefficient (Wildman–Crippen LogP) is 4.21. The summed E-state index contributed by atoms with van der Waals surface area (Å²) in [6, 6.07) is 11.5. The lowest BCUT2D eigenvalue weighted by atomic mass is 10.1. The molecule has 192 valence electrons. The average molecular weight is 526 g/mol. The van der Waals surface area contributed by atoms with E-state index < -0.39 is 21.9 Å². The third-order valence-corrected chi connectivity index (χ3v) is 6.80. The zero-order valence-electron chi connectivity index (χ0n) is 20.5. The van der Waals surface area contributed by atoms with Gasteiger partial charge in [0.25, 0.3) is 0 Å². The SMILES string of the molecule is CC(C)CNC(=O)[C@@H](C)N(Cc1ccc(F)cc1)C(=O)CCCN(c1cccc(Cl)c1)S(C)(=O)=O. The molecule has 2 rings (SSSR count). The zero-order valence-corrected chi connectivity index (χ0v) is 22.1. The Labute approximate surface area is 212 Å². The van der Waals surface area contributed by atoms with Gasteiger partial charge in [-0.1, -0.05) is 43.6 Å². The van der Waals surface area contributed by atoms with Gasteiger partial charge in [-0.2, -0.15) is 0 Å². The Morgan fingerprint density at radius 3 is 2.31 bits per heavy atom. The van der Waals surface area contributed by atoms with Crippen LogP contribution in [-0.4, -0.2) is 50.5 Å². The molecule has 0 saturated carbocycles. The van der Waals surface area contributed by atoms with Gasteiger partial charge in [-0.05, 0) is 55.2 Å². The highest BCUT2D eigenvalue weighted by atomic mass is 35.5. The minimum atomic E-state index is -3.60. The molecule has 1 N–H and O–H groups in total. The van der Waals surface area contributed by atoms with Gasteiger partial charge in [-0.3, -0.25) is 13.9 Å². The molecule has 0 unspecified atom stereocenters. The summed E-state index contributed by atoms with van der Waals surface area (Å²) in [5.74, 6) is -0.732. The molecule has 0 heterocycles. The summed E-state index contributed by atoms with van der Waals surface area (Å²) >= 11 is 6.02. The number of nitrogens with zero attached hydrogens (tertiary/aromatic N) is 2. The van der Waals surface area contributed by atoms with Crippen molar-refractivity contribution in [2.75, 3.05) is 23.7 Å². The molecule has 2 amide bonds. The first-order valence-electron chi connectivity index (χ1n) is 11.4. The Balaban J connectivity index is 2.15. The van der Waals surface area contributed by atoms with Gasteiger partial charge in [0.1, 0.15) is 11.9 Å². The number of rotatable bonds is 12. The summed E-state index contributed by atoms with van der Waals surface area (Å²) in [6.45, 7) is 6.26. The van der Waals surface area contributed by atoms with Crippen molar-refractivity contribution in [2.45, 2.75) is 46.2 Å². The highest BCUT2D eigenvalue weighted by Crippen LogP contribution is 2.22. The predicted molar refractivity (Wildman–Crippen MR) is 137 cm³/mol. The Bertz CT molecular complexity index is 1110. The van der Waals surface area contributed by atoms with Crippen molar-refractivity contribution in [1.82, 2.24) is 10.2 Å². The van der Waals surface area contributed by atoms with Gasteiger partial charge in [-0.15, -0.1) is 0 Å². The smallest absolute Gasteiger partial charge is 0.242 e. The van der Waals surface area contributed by atoms with E-state index in [9.17, 15) is 22.4 Å². The molecule has 7 nitrogen and oxygen atoms in total. The summed E-state index contributed by atoms with van der Waals surface area (Å²) in [6.07, 6.45) is 1.35. The van der Waals surface area contributed by atoms with E-state index >= 15 is 0 Å². The van der Waals surface area contributed by atoms with Crippen LogP contribution < -0.4 is 9.62 Å². The summed E-state index contributed by atoms with van der Waals surface area (Å²) in [5, 5.41) is 3.24. The van der Waals surface area contributed by atoms with Crippen LogP contribution in [0, 0.1) is 11.7 Å². The standard InChI is InChI=1S/C25H33ClFN3O4S/c1-18(2)16-28-25(32)19(3)29(17-20-10-12-22(27)13-11-20)24(31)9-6-14-30(35(4,33)34)23-8-5-7-21(26)15-23/h5,7-8,10-13,15,18-19H,6,9,14,16-17H2,1-4H3,(H,28,32)/t19-/m1/s1. The number of amides is 2. The first-order valence-corrected chi connectivity index (χ1v) is 13.7. The van der Waals surface area contributed by atoms with Crippen LogP contribution in [0.25, 0.3) is 0 Å². The molecular formula is C25H33ClFN3O4S. The molecule has 2 aromatic rings. The van der Waals surface area contributed by atoms with Crippen LogP contribution in [0.1, 0.15) is 39.2 Å². The Hall–Kier alpha value is -2.65. The summed E-state index contributed by atoms with van der Waals surface area (Å²) < 4.78 is 39.2. The highest BCUT2D eigenvalue weighted by Gasteiger charge is 2.26. The Kier molecular flexibility index (Phi) is 10.5. The Morgan fingerprint density at radius 2 is 1.74 bits per heavy atom. The van der Waals surface area contributed by atoms with E-state index in [1.807, 2.05) is 13.8 Å². The van der Waals surface area contributed by atoms with Gasteiger partial charge in [0, 0.05) is 31.1 Å². The fourth-order valence-corrected chi connectivity index (χ4v) is 4.60. The molecule has 0 radical (unpaired) electrons. The van der Waals surface area contributed by atoms with Crippen molar-refractivity contribution in [3.63, 3.8) is 0 Å². The lowest BCUT2D eigenvalue weighted by Gasteiger charge is -2.29. The first-order chi connectivity index (χ1) is 16.4. The minimum absolute atomic E-state index is 0.0234. The summed E-state index contributed by atoms with van der Waals surface area (Å²) in [5.41, 5.74) is 1.09. The minimum Gasteiger partial charge on any atom is -0.354 e. The van der Waals surface area contributed by atoms with E-state index in [0.717, 1.165) is 6.26 Å². The fourth-order valence-electron chi connectivity index (χ4n) is 3.46. The van der Waals surface area contributed by atoms with Crippen molar-refractivity contribution in [2.24, 2.45) is 5.92 Å². The van der Waals surface area contributed by atoms with Crippen LogP contribution in [-0.2, 0) is 26.2 Å². The number of carbonyl (C=O) groups is 2. The lowest BCUT2D eigenvalue weighted by Crippen LogP contribution is -2.48. The van der Waals surface area contributed by atoms with Gasteiger partial charge in [0.15, 0.2) is 0 Å². The van der Waals surface area contributed by atoms with Crippen molar-refractivity contribution in [3.05, 3.63) is 64.9 Å². The van der Waals surface area contributed by atoms with Crippen LogP contribution in [0.15, 0.2) is 48.5 Å². The number of nitrogens with one attached hydrogen (secondary N) is 1. The molecule has 0 aliphatic carbocycles. The number of hydrogen-bond donors (Lipinski definition) is 1. The monoisotopic (exact) mass is 525 g/mol. The van der Waals surface area contributed by atoms with E-state index in [0.29, 0.717) is 22.8 Å². The molecule has 0 saturated heterocycles. The van der Waals surface area contributed by atoms with Crippen LogP contribution >= 0.6 is 11.6 Å². The van der Waals surface area contributed by atoms with Crippen molar-refractivity contribution >= 4 is 39.1 Å². The van der Waals surface area contributed by atoms with Crippen LogP contribution in [0.5, 0.6) is 0 Å². The fraction of sp³-hybridized carbons (Fsp3) is 0.440. The number of hydrogen-bond acceptors (Lipinski definition) is 4. The largest absolute Gasteiger partial charge is 0.354 e. The normalized spacial score (nSPS) is 12.3. The maximum absolute atomic E-state index is 13.3. The van der Waals surface area contributed by atoms with E-state index in [1.54, 1.807) is 43.3 Å². The van der Waals surface area contributed by atoms with Crippen LogP contribution in [0.3, 0.4) is 0 Å². The van der Waals surface area contributed by atoms with Gasteiger partial charge < -0.3 is 10.2 Å². The van der Waals surface area contributed by atoms with Gasteiger partial charge >= 0.3 is 0 Å². The van der Waals surface area contributed by atoms with Crippen molar-refractivity contribution in [1.29, 1.82) is 0 Å². The number of halogens is 2. The molecule has 0 aliphatic rings. The summed E-state index contributed by atoms with van der Waals surface area (Å²) in [7, 11) is -3.60. The quantitative estimate of drug-likeness (QED) is 0.449. The first kappa shape index (κ1) is 28.6. The number of anilines is 1. The third kappa shape index (κ3) is 9.14. The average Bonchev–Trinajstić information content (AvgIpc) is 2.78. The third-order valence-electron chi connectivity index (χ3n) is 5.37. The Morgan fingerprint density at radius 1 is 1.09 bits per heavy atom. The second-order valence-electron chi connectivity index (χ2n) is 8.88. The number of carbonyl (C=O) groups excluding carboxylic acids is 2. The molecule has 0 spiro atoms. The molecule has 2 aromatic carbocycles. The highest BCUT2D eigenvalue weighted by molar-refractivity contribution is 7.92. The molecular weight excluding hydrogens is 493 g/mol. The van der Waals surface area contributed by atoms with E-state index in [2.05, 4.69) is 5.32 Å². The van der Waals surface area contributed by atoms with Crippen molar-refractivity contribution in [3.8, 4) is 0 Å². The van der Waals surface area contributed by atoms with Gasteiger partial charge in [0.2, 0.25) is 21.8 Å². The van der Waals surface area contributed by atoms with E-state index in [1.165, 1.54) is 21.3 Å². The number of benzene rings is 2. The molecule has 0 aliphatic heterocycles. The van der Waals surface area contributed by atoms with Gasteiger partial charge in [0.05, 0.1) is 11.9 Å². The van der Waals surface area contributed by atoms with E-state index in [-0.39, 0.29) is 43.7 Å². The zero-order chi connectivity index (χ0) is 26.2. The molecule has 1 atom stereocenters. The molecule has 10 heteroatoms. The molecule has 0 aromatic heterocycles. The maximum atomic E-state index is 13.3. The maximum Gasteiger partial charge on any atom is 0.242 e. The topological polar surface area (TPSA) is 86.8 Å². The van der Waals surface area contributed by atoms with Crippen LogP contribution in [0.4, 0.5) is 10.1 Å². The second kappa shape index (κ2) is 12.9. The molecule has 0 bridgehead atoms. The summed E-state index contributed by atoms with van der Waals surface area (Å²) in [4.78, 5) is 27.3. The lowest BCUT2D eigenvalue weighted by molar-refractivity contribution is -0.140. The number of sulfonamides is 1. The molecule has 35 heavy (non-hydrogen) atoms. The van der Waals surface area contributed by atoms with E-state index in [4.69, 9.17) is 11.6 Å². The van der Waals surface area contributed by atoms with Crippen molar-refractivity contribution < 1.29 is 22.4 Å². The van der Waals surface area contributed by atoms with Crippen LogP contribution in [0.2, 0.25) is 5.02 Å². The second-order valence-corrected chi connectivity index (χ2v) is 11.2.